The minimum atomic E-state index is -0.237. The minimum absolute atomic E-state index is 0.237. The van der Waals surface area contributed by atoms with E-state index in [2.05, 4.69) is 10.3 Å². The molecule has 1 aromatic heterocycles. The Balaban J connectivity index is 2.40. The molecule has 18 heavy (non-hydrogen) atoms. The van der Waals surface area contributed by atoms with Crippen molar-refractivity contribution in [1.82, 2.24) is 10.3 Å². The van der Waals surface area contributed by atoms with Gasteiger partial charge in [0.1, 0.15) is 5.82 Å². The van der Waals surface area contributed by atoms with Crippen molar-refractivity contribution in [2.75, 3.05) is 19.0 Å². The van der Waals surface area contributed by atoms with E-state index in [1.807, 2.05) is 31.1 Å². The Bertz CT molecular complexity index is 528. The highest BCUT2D eigenvalue weighted by Gasteiger charge is 2.12. The van der Waals surface area contributed by atoms with E-state index in [-0.39, 0.29) is 5.82 Å². The van der Waals surface area contributed by atoms with E-state index in [0.29, 0.717) is 5.69 Å². The van der Waals surface area contributed by atoms with E-state index in [1.165, 1.54) is 6.07 Å². The van der Waals surface area contributed by atoms with E-state index >= 15 is 0 Å². The number of rotatable bonds is 4. The second-order valence-electron chi connectivity index (χ2n) is 4.05. The molecule has 4 heteroatoms. The number of nitrogens with one attached hydrogen (secondary N) is 1. The number of halogens is 1. The van der Waals surface area contributed by atoms with Crippen LogP contribution in [0.1, 0.15) is 5.56 Å². The van der Waals surface area contributed by atoms with Gasteiger partial charge in [0.25, 0.3) is 0 Å². The van der Waals surface area contributed by atoms with E-state index < -0.39 is 0 Å². The molecule has 3 nitrogen and oxygen atoms in total. The lowest BCUT2D eigenvalue weighted by Crippen LogP contribution is -2.16. The van der Waals surface area contributed by atoms with Gasteiger partial charge in [-0.05, 0) is 30.8 Å². The monoisotopic (exact) mass is 245 g/mol. The van der Waals surface area contributed by atoms with Crippen molar-refractivity contribution in [3.05, 3.63) is 54.1 Å². The zero-order valence-corrected chi connectivity index (χ0v) is 10.5. The molecule has 0 saturated heterocycles. The molecule has 94 valence electrons. The lowest BCUT2D eigenvalue weighted by atomic mass is 10.2. The van der Waals surface area contributed by atoms with Gasteiger partial charge in [-0.3, -0.25) is 4.98 Å². The van der Waals surface area contributed by atoms with Gasteiger partial charge in [0.15, 0.2) is 0 Å². The number of hydrogen-bond acceptors (Lipinski definition) is 3. The Morgan fingerprint density at radius 1 is 1.22 bits per heavy atom. The lowest BCUT2D eigenvalue weighted by molar-refractivity contribution is 0.627. The maximum absolute atomic E-state index is 13.8. The first kappa shape index (κ1) is 12.5. The van der Waals surface area contributed by atoms with Crippen molar-refractivity contribution in [3.8, 4) is 0 Å². The normalized spacial score (nSPS) is 10.4. The van der Waals surface area contributed by atoms with Gasteiger partial charge in [0, 0.05) is 19.8 Å². The van der Waals surface area contributed by atoms with Crippen LogP contribution in [0.3, 0.4) is 0 Å². The van der Waals surface area contributed by atoms with Crippen LogP contribution >= 0.6 is 0 Å². The zero-order valence-electron chi connectivity index (χ0n) is 10.5. The Morgan fingerprint density at radius 2 is 2.00 bits per heavy atom. The fraction of sp³-hybridized carbons (Fsp3) is 0.214. The summed E-state index contributed by atoms with van der Waals surface area (Å²) in [5.41, 5.74) is 2.53. The van der Waals surface area contributed by atoms with Gasteiger partial charge in [-0.25, -0.2) is 4.39 Å². The van der Waals surface area contributed by atoms with Crippen molar-refractivity contribution >= 4 is 11.4 Å². The van der Waals surface area contributed by atoms with Crippen LogP contribution < -0.4 is 10.2 Å². The third-order valence-electron chi connectivity index (χ3n) is 2.83. The van der Waals surface area contributed by atoms with Crippen molar-refractivity contribution in [2.45, 2.75) is 6.54 Å². The number of pyridine rings is 1. The Morgan fingerprint density at radius 3 is 2.72 bits per heavy atom. The minimum Gasteiger partial charge on any atom is -0.341 e. The highest BCUT2D eigenvalue weighted by atomic mass is 19.1. The molecular weight excluding hydrogens is 229 g/mol. The lowest BCUT2D eigenvalue weighted by Gasteiger charge is -2.22. The average Bonchev–Trinajstić information content (AvgIpc) is 2.40. The summed E-state index contributed by atoms with van der Waals surface area (Å²) in [5.74, 6) is -0.237. The van der Waals surface area contributed by atoms with Gasteiger partial charge in [-0.15, -0.1) is 0 Å². The van der Waals surface area contributed by atoms with Gasteiger partial charge >= 0.3 is 0 Å². The van der Waals surface area contributed by atoms with Gasteiger partial charge in [-0.1, -0.05) is 12.1 Å². The van der Waals surface area contributed by atoms with E-state index in [1.54, 1.807) is 24.5 Å². The predicted octanol–water partition coefficient (Wildman–Crippen LogP) is 2.71. The number of hydrogen-bond donors (Lipinski definition) is 1. The topological polar surface area (TPSA) is 28.2 Å². The van der Waals surface area contributed by atoms with Crippen molar-refractivity contribution in [1.29, 1.82) is 0 Å². The van der Waals surface area contributed by atoms with E-state index in [9.17, 15) is 4.39 Å². The quantitative estimate of drug-likeness (QED) is 0.897. The molecule has 0 saturated carbocycles. The molecule has 0 aliphatic carbocycles. The molecule has 1 aromatic carbocycles. The van der Waals surface area contributed by atoms with E-state index in [4.69, 9.17) is 0 Å². The van der Waals surface area contributed by atoms with Gasteiger partial charge in [0.05, 0.1) is 17.6 Å². The Labute approximate surface area is 106 Å². The average molecular weight is 245 g/mol. The predicted molar refractivity (Wildman–Crippen MR) is 71.5 cm³/mol. The summed E-state index contributed by atoms with van der Waals surface area (Å²) in [6.45, 7) is 0.719. The number of nitrogens with zero attached hydrogens (tertiary/aromatic N) is 2. The molecule has 0 aliphatic rings. The van der Waals surface area contributed by atoms with Crippen molar-refractivity contribution in [3.63, 3.8) is 0 Å². The summed E-state index contributed by atoms with van der Waals surface area (Å²) in [6, 6.07) is 8.65. The highest BCUT2D eigenvalue weighted by molar-refractivity contribution is 5.65. The second-order valence-corrected chi connectivity index (χ2v) is 4.05. The Hall–Kier alpha value is -1.94. The smallest absolute Gasteiger partial charge is 0.146 e. The van der Waals surface area contributed by atoms with E-state index in [0.717, 1.165) is 17.8 Å². The maximum atomic E-state index is 13.8. The fourth-order valence-corrected chi connectivity index (χ4v) is 1.91. The number of benzene rings is 1. The van der Waals surface area contributed by atoms with Crippen LogP contribution in [0.25, 0.3) is 0 Å². The first-order valence-electron chi connectivity index (χ1n) is 5.79. The molecular formula is C14H16FN3. The van der Waals surface area contributed by atoms with Crippen molar-refractivity contribution < 1.29 is 4.39 Å². The van der Waals surface area contributed by atoms with Gasteiger partial charge < -0.3 is 10.2 Å². The molecule has 0 aliphatic heterocycles. The fourth-order valence-electron chi connectivity index (χ4n) is 1.91. The summed E-state index contributed by atoms with van der Waals surface area (Å²) in [4.78, 5) is 5.93. The van der Waals surface area contributed by atoms with Crippen molar-refractivity contribution in [2.24, 2.45) is 0 Å². The van der Waals surface area contributed by atoms with Crippen LogP contribution in [0, 0.1) is 5.82 Å². The highest BCUT2D eigenvalue weighted by Crippen LogP contribution is 2.27. The summed E-state index contributed by atoms with van der Waals surface area (Å²) < 4.78 is 13.8. The van der Waals surface area contributed by atoms with Crippen LogP contribution in [0.15, 0.2) is 42.7 Å². The number of anilines is 2. The third-order valence-corrected chi connectivity index (χ3v) is 2.83. The molecule has 0 bridgehead atoms. The van der Waals surface area contributed by atoms with Crippen LogP contribution in [0.2, 0.25) is 0 Å². The maximum Gasteiger partial charge on any atom is 0.146 e. The molecule has 0 radical (unpaired) electrons. The zero-order chi connectivity index (χ0) is 13.0. The molecule has 0 spiro atoms. The van der Waals surface area contributed by atoms with Crippen LogP contribution in [-0.4, -0.2) is 19.1 Å². The van der Waals surface area contributed by atoms with Crippen LogP contribution in [-0.2, 0) is 6.54 Å². The standard InChI is InChI=1S/C14H16FN3/c1-16-9-11-7-8-17-10-14(11)18(2)13-6-4-3-5-12(13)15/h3-8,10,16H,9H2,1-2H3. The molecule has 0 amide bonds. The Kier molecular flexibility index (Phi) is 3.89. The SMILES string of the molecule is CNCc1ccncc1N(C)c1ccccc1F. The summed E-state index contributed by atoms with van der Waals surface area (Å²) >= 11 is 0. The first-order chi connectivity index (χ1) is 8.74. The largest absolute Gasteiger partial charge is 0.341 e. The van der Waals surface area contributed by atoms with Crippen LogP contribution in [0.4, 0.5) is 15.8 Å². The molecule has 0 atom stereocenters. The second kappa shape index (κ2) is 5.60. The molecule has 0 fully saturated rings. The van der Waals surface area contributed by atoms with Gasteiger partial charge in [-0.2, -0.15) is 0 Å². The number of para-hydroxylation sites is 1. The molecule has 0 unspecified atom stereocenters. The van der Waals surface area contributed by atoms with Gasteiger partial charge in [0.2, 0.25) is 0 Å². The molecule has 1 heterocycles. The summed E-state index contributed by atoms with van der Waals surface area (Å²) in [7, 11) is 3.72. The number of aromatic nitrogens is 1. The third kappa shape index (κ3) is 2.49. The summed E-state index contributed by atoms with van der Waals surface area (Å²) in [6.07, 6.45) is 3.49. The molecule has 2 rings (SSSR count). The molecule has 1 N–H and O–H groups in total. The van der Waals surface area contributed by atoms with Crippen LogP contribution in [0.5, 0.6) is 0 Å². The summed E-state index contributed by atoms with van der Waals surface area (Å²) in [5, 5.41) is 3.10. The first-order valence-corrected chi connectivity index (χ1v) is 5.79. The molecule has 2 aromatic rings.